The van der Waals surface area contributed by atoms with E-state index in [1.54, 1.807) is 19.9 Å². The molecule has 0 saturated carbocycles. The fourth-order valence-electron chi connectivity index (χ4n) is 1.25. The SMILES string of the molecule is C=C[C@@H](OC(=O)/C=C/c1ccccc1)OC(=O)C(C)C. The Morgan fingerprint density at radius 2 is 1.80 bits per heavy atom. The van der Waals surface area contributed by atoms with Gasteiger partial charge in [0.2, 0.25) is 0 Å². The first-order valence-corrected chi connectivity index (χ1v) is 6.29. The fourth-order valence-corrected chi connectivity index (χ4v) is 1.25. The summed E-state index contributed by atoms with van der Waals surface area (Å²) in [6.07, 6.45) is 3.08. The van der Waals surface area contributed by atoms with Crippen LogP contribution in [0.2, 0.25) is 0 Å². The van der Waals surface area contributed by atoms with Crippen LogP contribution in [0.15, 0.2) is 49.1 Å². The summed E-state index contributed by atoms with van der Waals surface area (Å²) in [5.74, 6) is -1.35. The zero-order valence-corrected chi connectivity index (χ0v) is 11.6. The molecule has 0 amide bonds. The van der Waals surface area contributed by atoms with E-state index in [-0.39, 0.29) is 5.92 Å². The van der Waals surface area contributed by atoms with Gasteiger partial charge in [0, 0.05) is 6.08 Å². The molecule has 1 aromatic carbocycles. The molecule has 0 spiro atoms. The number of carbonyl (C=O) groups excluding carboxylic acids is 2. The molecule has 0 saturated heterocycles. The maximum absolute atomic E-state index is 11.6. The molecule has 20 heavy (non-hydrogen) atoms. The maximum Gasteiger partial charge on any atom is 0.334 e. The summed E-state index contributed by atoms with van der Waals surface area (Å²) in [7, 11) is 0. The van der Waals surface area contributed by atoms with Crippen molar-refractivity contribution in [3.8, 4) is 0 Å². The van der Waals surface area contributed by atoms with Crippen LogP contribution in [0.5, 0.6) is 0 Å². The number of hydrogen-bond acceptors (Lipinski definition) is 4. The minimum Gasteiger partial charge on any atom is -0.421 e. The molecule has 106 valence electrons. The van der Waals surface area contributed by atoms with E-state index in [4.69, 9.17) is 9.47 Å². The Kier molecular flexibility index (Phi) is 6.23. The van der Waals surface area contributed by atoms with E-state index in [1.165, 1.54) is 12.2 Å². The standard InChI is InChI=1S/C16H18O4/c1-4-15(20-16(18)12(2)3)19-14(17)11-10-13-8-6-5-7-9-13/h4-12,15H,1H2,2-3H3/b11-10+/t15-/m0/s1. The smallest absolute Gasteiger partial charge is 0.334 e. The van der Waals surface area contributed by atoms with Gasteiger partial charge in [0.15, 0.2) is 0 Å². The molecule has 1 atom stereocenters. The predicted molar refractivity (Wildman–Crippen MR) is 76.5 cm³/mol. The molecule has 0 radical (unpaired) electrons. The highest BCUT2D eigenvalue weighted by molar-refractivity contribution is 5.87. The van der Waals surface area contributed by atoms with Crippen LogP contribution in [0.4, 0.5) is 0 Å². The van der Waals surface area contributed by atoms with Crippen LogP contribution in [-0.4, -0.2) is 18.2 Å². The van der Waals surface area contributed by atoms with Gasteiger partial charge in [0.25, 0.3) is 6.29 Å². The summed E-state index contributed by atoms with van der Waals surface area (Å²) in [5, 5.41) is 0. The number of carbonyl (C=O) groups is 2. The zero-order valence-electron chi connectivity index (χ0n) is 11.6. The molecule has 1 rings (SSSR count). The molecule has 0 aliphatic heterocycles. The van der Waals surface area contributed by atoms with Crippen LogP contribution in [0.25, 0.3) is 6.08 Å². The lowest BCUT2D eigenvalue weighted by Gasteiger charge is -2.14. The van der Waals surface area contributed by atoms with Crippen LogP contribution in [0.3, 0.4) is 0 Å². The van der Waals surface area contributed by atoms with Gasteiger partial charge >= 0.3 is 11.9 Å². The zero-order chi connectivity index (χ0) is 15.0. The van der Waals surface area contributed by atoms with Crippen molar-refractivity contribution in [1.82, 2.24) is 0 Å². The number of hydrogen-bond donors (Lipinski definition) is 0. The topological polar surface area (TPSA) is 52.6 Å². The summed E-state index contributed by atoms with van der Waals surface area (Å²) in [4.78, 5) is 23.0. The molecule has 4 nitrogen and oxygen atoms in total. The van der Waals surface area contributed by atoms with E-state index in [2.05, 4.69) is 6.58 Å². The van der Waals surface area contributed by atoms with Gasteiger partial charge in [-0.3, -0.25) is 4.79 Å². The summed E-state index contributed by atoms with van der Waals surface area (Å²) < 4.78 is 9.91. The van der Waals surface area contributed by atoms with E-state index in [1.807, 2.05) is 30.3 Å². The Morgan fingerprint density at radius 3 is 2.35 bits per heavy atom. The molecule has 0 fully saturated rings. The highest BCUT2D eigenvalue weighted by atomic mass is 16.7. The van der Waals surface area contributed by atoms with Crippen molar-refractivity contribution >= 4 is 18.0 Å². The normalized spacial score (nSPS) is 12.2. The van der Waals surface area contributed by atoms with Crippen LogP contribution in [-0.2, 0) is 19.1 Å². The Labute approximate surface area is 118 Å². The minimum absolute atomic E-state index is 0.295. The second-order valence-corrected chi connectivity index (χ2v) is 4.38. The van der Waals surface area contributed by atoms with E-state index in [9.17, 15) is 9.59 Å². The van der Waals surface area contributed by atoms with Gasteiger partial charge in [-0.15, -0.1) is 0 Å². The Bertz CT molecular complexity index is 488. The summed E-state index contributed by atoms with van der Waals surface area (Å²) >= 11 is 0. The summed E-state index contributed by atoms with van der Waals surface area (Å²) in [6, 6.07) is 9.32. The molecule has 0 unspecified atom stereocenters. The van der Waals surface area contributed by atoms with Crippen LogP contribution < -0.4 is 0 Å². The molecule has 0 N–H and O–H groups in total. The van der Waals surface area contributed by atoms with Crippen molar-refractivity contribution in [3.05, 3.63) is 54.6 Å². The quantitative estimate of drug-likeness (QED) is 0.346. The van der Waals surface area contributed by atoms with Crippen molar-refractivity contribution in [3.63, 3.8) is 0 Å². The van der Waals surface area contributed by atoms with Gasteiger partial charge < -0.3 is 9.47 Å². The molecule has 0 bridgehead atoms. The van der Waals surface area contributed by atoms with E-state index < -0.39 is 18.2 Å². The molecule has 1 aromatic rings. The average Bonchev–Trinajstić information content (AvgIpc) is 2.45. The van der Waals surface area contributed by atoms with E-state index >= 15 is 0 Å². The Hall–Kier alpha value is -2.36. The van der Waals surface area contributed by atoms with Gasteiger partial charge in [0.05, 0.1) is 5.92 Å². The largest absolute Gasteiger partial charge is 0.421 e. The summed E-state index contributed by atoms with van der Waals surface area (Å²) in [5.41, 5.74) is 0.874. The molecular formula is C16H18O4. The third-order valence-corrected chi connectivity index (χ3v) is 2.34. The molecule has 0 aliphatic rings. The molecule has 0 heterocycles. The predicted octanol–water partition coefficient (Wildman–Crippen LogP) is 2.95. The monoisotopic (exact) mass is 274 g/mol. The first-order chi connectivity index (χ1) is 9.52. The molecule has 0 aliphatic carbocycles. The first kappa shape index (κ1) is 15.7. The van der Waals surface area contributed by atoms with Crippen molar-refractivity contribution < 1.29 is 19.1 Å². The van der Waals surface area contributed by atoms with Crippen molar-refractivity contribution in [1.29, 1.82) is 0 Å². The molecular weight excluding hydrogens is 256 g/mol. The number of benzene rings is 1. The average molecular weight is 274 g/mol. The Balaban J connectivity index is 2.53. The lowest BCUT2D eigenvalue weighted by atomic mass is 10.2. The third-order valence-electron chi connectivity index (χ3n) is 2.34. The van der Waals surface area contributed by atoms with Crippen molar-refractivity contribution in [2.24, 2.45) is 5.92 Å². The van der Waals surface area contributed by atoms with Gasteiger partial charge in [-0.1, -0.05) is 50.8 Å². The third kappa shape index (κ3) is 5.52. The number of ether oxygens (including phenoxy) is 2. The highest BCUT2D eigenvalue weighted by Gasteiger charge is 2.16. The van der Waals surface area contributed by atoms with Gasteiger partial charge in [0.1, 0.15) is 0 Å². The lowest BCUT2D eigenvalue weighted by Crippen LogP contribution is -2.24. The number of esters is 2. The van der Waals surface area contributed by atoms with E-state index in [0.717, 1.165) is 5.56 Å². The maximum atomic E-state index is 11.6. The lowest BCUT2D eigenvalue weighted by molar-refractivity contribution is -0.178. The van der Waals surface area contributed by atoms with Crippen LogP contribution in [0, 0.1) is 5.92 Å². The first-order valence-electron chi connectivity index (χ1n) is 6.29. The van der Waals surface area contributed by atoms with Crippen molar-refractivity contribution in [2.75, 3.05) is 0 Å². The van der Waals surface area contributed by atoms with Gasteiger partial charge in [-0.25, -0.2) is 4.79 Å². The van der Waals surface area contributed by atoms with E-state index in [0.29, 0.717) is 0 Å². The second kappa shape index (κ2) is 7.94. The molecule has 0 aromatic heterocycles. The van der Waals surface area contributed by atoms with Crippen molar-refractivity contribution in [2.45, 2.75) is 20.1 Å². The van der Waals surface area contributed by atoms with Crippen LogP contribution in [0.1, 0.15) is 19.4 Å². The fraction of sp³-hybridized carbons (Fsp3) is 0.250. The summed E-state index contributed by atoms with van der Waals surface area (Å²) in [6.45, 7) is 6.85. The highest BCUT2D eigenvalue weighted by Crippen LogP contribution is 2.05. The Morgan fingerprint density at radius 1 is 1.15 bits per heavy atom. The second-order valence-electron chi connectivity index (χ2n) is 4.38. The van der Waals surface area contributed by atoms with Crippen LogP contribution >= 0.6 is 0 Å². The van der Waals surface area contributed by atoms with Gasteiger partial charge in [-0.2, -0.15) is 0 Å². The number of rotatable bonds is 6. The molecule has 4 heteroatoms. The van der Waals surface area contributed by atoms with Gasteiger partial charge in [-0.05, 0) is 17.7 Å². The minimum atomic E-state index is -1.07.